The van der Waals surface area contributed by atoms with Crippen molar-refractivity contribution in [2.24, 2.45) is 0 Å². The molecule has 0 bridgehead atoms. The van der Waals surface area contributed by atoms with Crippen LogP contribution in [-0.2, 0) is 6.54 Å². The van der Waals surface area contributed by atoms with E-state index >= 15 is 0 Å². The molecule has 0 aliphatic carbocycles. The fourth-order valence-electron chi connectivity index (χ4n) is 2.28. The largest absolute Gasteiger partial charge is 0.381 e. The summed E-state index contributed by atoms with van der Waals surface area (Å²) in [5.41, 5.74) is 3.31. The Labute approximate surface area is 121 Å². The SMILES string of the molecule is Cc1c(F)cc(C#N)cc1NCc1c[nH]c2ncccc12. The third kappa shape index (κ3) is 2.43. The van der Waals surface area contributed by atoms with Gasteiger partial charge in [-0.05, 0) is 36.8 Å². The second-order valence-electron chi connectivity index (χ2n) is 4.81. The first-order valence-electron chi connectivity index (χ1n) is 6.54. The quantitative estimate of drug-likeness (QED) is 0.771. The van der Waals surface area contributed by atoms with Crippen LogP contribution in [0.3, 0.4) is 0 Å². The predicted molar refractivity (Wildman–Crippen MR) is 79.3 cm³/mol. The molecule has 2 aromatic heterocycles. The van der Waals surface area contributed by atoms with Crippen LogP contribution in [0.15, 0.2) is 36.7 Å². The van der Waals surface area contributed by atoms with Crippen LogP contribution in [0.2, 0.25) is 0 Å². The first kappa shape index (κ1) is 13.1. The third-order valence-corrected chi connectivity index (χ3v) is 3.48. The van der Waals surface area contributed by atoms with E-state index < -0.39 is 0 Å². The molecule has 0 aliphatic heterocycles. The lowest BCUT2D eigenvalue weighted by Crippen LogP contribution is -2.02. The Hall–Kier alpha value is -2.87. The number of aromatic amines is 1. The normalized spacial score (nSPS) is 10.5. The second kappa shape index (κ2) is 5.25. The van der Waals surface area contributed by atoms with Gasteiger partial charge in [-0.2, -0.15) is 5.26 Å². The number of nitrogens with zero attached hydrogens (tertiary/aromatic N) is 2. The van der Waals surface area contributed by atoms with Gasteiger partial charge in [0.25, 0.3) is 0 Å². The fraction of sp³-hybridized carbons (Fsp3) is 0.125. The highest BCUT2D eigenvalue weighted by atomic mass is 19.1. The Bertz CT molecular complexity index is 845. The predicted octanol–water partition coefficient (Wildman–Crippen LogP) is 3.49. The molecule has 0 saturated carbocycles. The minimum atomic E-state index is -0.378. The molecule has 0 saturated heterocycles. The minimum Gasteiger partial charge on any atom is -0.381 e. The maximum Gasteiger partial charge on any atom is 0.137 e. The lowest BCUT2D eigenvalue weighted by Gasteiger charge is -2.10. The number of fused-ring (bicyclic) bond motifs is 1. The van der Waals surface area contributed by atoms with Crippen LogP contribution in [-0.4, -0.2) is 9.97 Å². The molecule has 2 heterocycles. The first-order valence-corrected chi connectivity index (χ1v) is 6.54. The molecule has 3 rings (SSSR count). The highest BCUT2D eigenvalue weighted by Crippen LogP contribution is 2.22. The number of hydrogen-bond donors (Lipinski definition) is 2. The third-order valence-electron chi connectivity index (χ3n) is 3.48. The topological polar surface area (TPSA) is 64.5 Å². The van der Waals surface area contributed by atoms with Gasteiger partial charge in [0, 0.05) is 35.6 Å². The van der Waals surface area contributed by atoms with E-state index in [1.807, 2.05) is 24.4 Å². The molecule has 21 heavy (non-hydrogen) atoms. The van der Waals surface area contributed by atoms with Crippen LogP contribution in [0, 0.1) is 24.1 Å². The number of aromatic nitrogens is 2. The van der Waals surface area contributed by atoms with E-state index in [1.54, 1.807) is 19.2 Å². The van der Waals surface area contributed by atoms with E-state index in [1.165, 1.54) is 6.07 Å². The molecule has 2 N–H and O–H groups in total. The van der Waals surface area contributed by atoms with Gasteiger partial charge >= 0.3 is 0 Å². The van der Waals surface area contributed by atoms with Crippen molar-refractivity contribution < 1.29 is 4.39 Å². The molecule has 3 aromatic rings. The maximum absolute atomic E-state index is 13.7. The molecular weight excluding hydrogens is 267 g/mol. The standard InChI is InChI=1S/C16H13FN4/c1-10-14(17)5-11(7-18)6-15(10)20-8-12-9-21-16-13(12)3-2-4-19-16/h2-6,9,20H,8H2,1H3,(H,19,21). The average molecular weight is 280 g/mol. The summed E-state index contributed by atoms with van der Waals surface area (Å²) in [5.74, 6) is -0.378. The molecule has 0 atom stereocenters. The number of pyridine rings is 1. The summed E-state index contributed by atoms with van der Waals surface area (Å²) >= 11 is 0. The molecule has 0 unspecified atom stereocenters. The van der Waals surface area contributed by atoms with Gasteiger partial charge in [-0.3, -0.25) is 0 Å². The molecule has 0 radical (unpaired) electrons. The molecule has 104 valence electrons. The van der Waals surface area contributed by atoms with Gasteiger partial charge in [0.15, 0.2) is 0 Å². The van der Waals surface area contributed by atoms with E-state index in [2.05, 4.69) is 15.3 Å². The van der Waals surface area contributed by atoms with Crippen molar-refractivity contribution in [1.82, 2.24) is 9.97 Å². The smallest absolute Gasteiger partial charge is 0.137 e. The van der Waals surface area contributed by atoms with Crippen LogP contribution < -0.4 is 5.32 Å². The number of anilines is 1. The average Bonchev–Trinajstić information content (AvgIpc) is 2.92. The number of hydrogen-bond acceptors (Lipinski definition) is 3. The fourth-order valence-corrected chi connectivity index (χ4v) is 2.28. The number of halogens is 1. The molecule has 1 aromatic carbocycles. The van der Waals surface area contributed by atoms with Crippen molar-refractivity contribution in [3.63, 3.8) is 0 Å². The van der Waals surface area contributed by atoms with Crippen LogP contribution in [0.5, 0.6) is 0 Å². The van der Waals surface area contributed by atoms with E-state index in [0.717, 1.165) is 16.6 Å². The molecular formula is C16H13FN4. The maximum atomic E-state index is 13.7. The Morgan fingerprint density at radius 3 is 3.10 bits per heavy atom. The minimum absolute atomic E-state index is 0.307. The summed E-state index contributed by atoms with van der Waals surface area (Å²) in [6, 6.07) is 8.72. The van der Waals surface area contributed by atoms with Crippen LogP contribution >= 0.6 is 0 Å². The summed E-state index contributed by atoms with van der Waals surface area (Å²) < 4.78 is 13.7. The van der Waals surface area contributed by atoms with Gasteiger partial charge in [-0.25, -0.2) is 9.37 Å². The highest BCUT2D eigenvalue weighted by Gasteiger charge is 2.08. The summed E-state index contributed by atoms with van der Waals surface area (Å²) in [6.07, 6.45) is 3.61. The summed E-state index contributed by atoms with van der Waals surface area (Å²) in [5, 5.41) is 13.1. The number of H-pyrrole nitrogens is 1. The zero-order valence-electron chi connectivity index (χ0n) is 11.4. The number of nitriles is 1. The zero-order valence-corrected chi connectivity index (χ0v) is 11.4. The Morgan fingerprint density at radius 1 is 1.43 bits per heavy atom. The van der Waals surface area contributed by atoms with E-state index in [9.17, 15) is 4.39 Å². The monoisotopic (exact) mass is 280 g/mol. The van der Waals surface area contributed by atoms with Crippen molar-refractivity contribution in [2.75, 3.05) is 5.32 Å². The van der Waals surface area contributed by atoms with Crippen LogP contribution in [0.25, 0.3) is 11.0 Å². The van der Waals surface area contributed by atoms with Crippen molar-refractivity contribution in [2.45, 2.75) is 13.5 Å². The molecule has 0 amide bonds. The number of benzene rings is 1. The van der Waals surface area contributed by atoms with Gasteiger partial charge in [-0.15, -0.1) is 0 Å². The molecule has 0 spiro atoms. The lowest BCUT2D eigenvalue weighted by molar-refractivity contribution is 0.618. The lowest BCUT2D eigenvalue weighted by atomic mass is 10.1. The Balaban J connectivity index is 1.88. The van der Waals surface area contributed by atoms with E-state index in [4.69, 9.17) is 5.26 Å². The van der Waals surface area contributed by atoms with Crippen molar-refractivity contribution in [1.29, 1.82) is 5.26 Å². The van der Waals surface area contributed by atoms with Gasteiger partial charge in [0.1, 0.15) is 11.5 Å². The van der Waals surface area contributed by atoms with Crippen molar-refractivity contribution in [3.8, 4) is 6.07 Å². The molecule has 4 nitrogen and oxygen atoms in total. The molecule has 0 fully saturated rings. The van der Waals surface area contributed by atoms with Crippen LogP contribution in [0.1, 0.15) is 16.7 Å². The summed E-state index contributed by atoms with van der Waals surface area (Å²) in [7, 11) is 0. The zero-order chi connectivity index (χ0) is 14.8. The van der Waals surface area contributed by atoms with Crippen LogP contribution in [0.4, 0.5) is 10.1 Å². The first-order chi connectivity index (χ1) is 10.2. The second-order valence-corrected chi connectivity index (χ2v) is 4.81. The molecule has 0 aliphatic rings. The van der Waals surface area contributed by atoms with Crippen molar-refractivity contribution >= 4 is 16.7 Å². The highest BCUT2D eigenvalue weighted by molar-refractivity contribution is 5.79. The van der Waals surface area contributed by atoms with Gasteiger partial charge in [0.05, 0.1) is 11.6 Å². The molecule has 5 heteroatoms. The Kier molecular flexibility index (Phi) is 3.28. The summed E-state index contributed by atoms with van der Waals surface area (Å²) in [6.45, 7) is 2.22. The van der Waals surface area contributed by atoms with Gasteiger partial charge in [0.2, 0.25) is 0 Å². The number of nitrogens with one attached hydrogen (secondary N) is 2. The van der Waals surface area contributed by atoms with E-state index in [-0.39, 0.29) is 5.82 Å². The number of rotatable bonds is 3. The van der Waals surface area contributed by atoms with E-state index in [0.29, 0.717) is 23.4 Å². The Morgan fingerprint density at radius 2 is 2.29 bits per heavy atom. The van der Waals surface area contributed by atoms with Gasteiger partial charge in [-0.1, -0.05) is 0 Å². The van der Waals surface area contributed by atoms with Crippen molar-refractivity contribution in [3.05, 3.63) is 59.2 Å². The summed E-state index contributed by atoms with van der Waals surface area (Å²) in [4.78, 5) is 7.32. The van der Waals surface area contributed by atoms with Gasteiger partial charge < -0.3 is 10.3 Å².